The number of hydrazine groups is 1. The van der Waals surface area contributed by atoms with Gasteiger partial charge in [0.15, 0.2) is 0 Å². The minimum absolute atomic E-state index is 0.0589. The third kappa shape index (κ3) is 4.42. The van der Waals surface area contributed by atoms with Crippen LogP contribution in [0.15, 0.2) is 24.3 Å². The minimum atomic E-state index is -0.0589. The molecule has 1 amide bonds. The zero-order chi connectivity index (χ0) is 13.5. The first kappa shape index (κ1) is 13.6. The van der Waals surface area contributed by atoms with Gasteiger partial charge in [-0.3, -0.25) is 10.2 Å². The molecule has 1 aliphatic heterocycles. The fourth-order valence-electron chi connectivity index (χ4n) is 1.77. The number of anilines is 1. The molecule has 6 nitrogen and oxygen atoms in total. The van der Waals surface area contributed by atoms with Gasteiger partial charge in [-0.1, -0.05) is 12.1 Å². The number of morpholine rings is 1. The monoisotopic (exact) mass is 265 g/mol. The van der Waals surface area contributed by atoms with E-state index in [4.69, 9.17) is 15.2 Å². The highest BCUT2D eigenvalue weighted by molar-refractivity contribution is 5.75. The number of benzene rings is 1. The Morgan fingerprint density at radius 1 is 1.37 bits per heavy atom. The molecule has 3 N–H and O–H groups in total. The number of rotatable bonds is 5. The van der Waals surface area contributed by atoms with Gasteiger partial charge in [0.05, 0.1) is 31.9 Å². The Hall–Kier alpha value is -1.79. The van der Waals surface area contributed by atoms with Crippen LogP contribution in [-0.4, -0.2) is 43.8 Å². The number of nitrogens with two attached hydrogens (primary N) is 1. The molecule has 0 unspecified atom stereocenters. The van der Waals surface area contributed by atoms with Crippen LogP contribution < -0.4 is 15.9 Å². The molecular formula is C13H19N3O3. The number of hydrogen-bond acceptors (Lipinski definition) is 5. The highest BCUT2D eigenvalue weighted by Gasteiger charge is 2.12. The first-order chi connectivity index (χ1) is 9.25. The van der Waals surface area contributed by atoms with Crippen molar-refractivity contribution in [3.8, 4) is 5.75 Å². The van der Waals surface area contributed by atoms with Crippen LogP contribution in [0.3, 0.4) is 0 Å². The molecule has 2 rings (SSSR count). The zero-order valence-corrected chi connectivity index (χ0v) is 10.8. The SMILES string of the molecule is Nc1ccccc1OCCC(=O)NN1CCOCC1. The molecule has 1 aliphatic rings. The Kier molecular flexibility index (Phi) is 5.00. The van der Waals surface area contributed by atoms with E-state index in [1.54, 1.807) is 12.1 Å². The maximum atomic E-state index is 11.7. The Morgan fingerprint density at radius 2 is 2.11 bits per heavy atom. The third-order valence-electron chi connectivity index (χ3n) is 2.80. The van der Waals surface area contributed by atoms with Crippen LogP contribution in [0.5, 0.6) is 5.75 Å². The molecule has 1 heterocycles. The molecule has 1 aromatic carbocycles. The second-order valence-corrected chi connectivity index (χ2v) is 4.27. The van der Waals surface area contributed by atoms with E-state index >= 15 is 0 Å². The van der Waals surface area contributed by atoms with Crippen LogP contribution >= 0.6 is 0 Å². The Morgan fingerprint density at radius 3 is 2.84 bits per heavy atom. The molecule has 1 aromatic rings. The van der Waals surface area contributed by atoms with Gasteiger partial charge < -0.3 is 15.2 Å². The van der Waals surface area contributed by atoms with Gasteiger partial charge in [0.2, 0.25) is 5.91 Å². The molecule has 0 aromatic heterocycles. The quantitative estimate of drug-likeness (QED) is 0.754. The van der Waals surface area contributed by atoms with E-state index in [-0.39, 0.29) is 5.91 Å². The van der Waals surface area contributed by atoms with Crippen molar-refractivity contribution in [3.05, 3.63) is 24.3 Å². The van der Waals surface area contributed by atoms with E-state index in [0.29, 0.717) is 37.7 Å². The number of nitrogen functional groups attached to an aromatic ring is 1. The molecule has 19 heavy (non-hydrogen) atoms. The van der Waals surface area contributed by atoms with E-state index in [1.165, 1.54) is 0 Å². The summed E-state index contributed by atoms with van der Waals surface area (Å²) in [4.78, 5) is 11.7. The van der Waals surface area contributed by atoms with Crippen molar-refractivity contribution in [3.63, 3.8) is 0 Å². The number of carbonyl (C=O) groups excluding carboxylic acids is 1. The second-order valence-electron chi connectivity index (χ2n) is 4.27. The fraction of sp³-hybridized carbons (Fsp3) is 0.462. The van der Waals surface area contributed by atoms with Crippen molar-refractivity contribution in [2.75, 3.05) is 38.6 Å². The van der Waals surface area contributed by atoms with Crippen LogP contribution in [0.1, 0.15) is 6.42 Å². The summed E-state index contributed by atoms with van der Waals surface area (Å²) in [6.45, 7) is 3.05. The molecule has 0 atom stereocenters. The average molecular weight is 265 g/mol. The predicted molar refractivity (Wildman–Crippen MR) is 71.5 cm³/mol. The van der Waals surface area contributed by atoms with Crippen molar-refractivity contribution in [1.82, 2.24) is 10.4 Å². The summed E-state index contributed by atoms with van der Waals surface area (Å²) >= 11 is 0. The van der Waals surface area contributed by atoms with Gasteiger partial charge in [0, 0.05) is 13.1 Å². The maximum Gasteiger partial charge on any atom is 0.237 e. The normalized spacial score (nSPS) is 16.0. The van der Waals surface area contributed by atoms with Gasteiger partial charge >= 0.3 is 0 Å². The summed E-state index contributed by atoms with van der Waals surface area (Å²) < 4.78 is 10.7. The summed E-state index contributed by atoms with van der Waals surface area (Å²) in [7, 11) is 0. The number of para-hydroxylation sites is 2. The Bertz CT molecular complexity index is 419. The van der Waals surface area contributed by atoms with Gasteiger partial charge in [-0.25, -0.2) is 5.01 Å². The molecule has 0 radical (unpaired) electrons. The third-order valence-corrected chi connectivity index (χ3v) is 2.80. The van der Waals surface area contributed by atoms with Crippen molar-refractivity contribution in [1.29, 1.82) is 0 Å². The maximum absolute atomic E-state index is 11.7. The molecule has 0 saturated carbocycles. The zero-order valence-electron chi connectivity index (χ0n) is 10.8. The Balaban J connectivity index is 1.67. The van der Waals surface area contributed by atoms with Crippen molar-refractivity contribution in [2.24, 2.45) is 0 Å². The summed E-state index contributed by atoms with van der Waals surface area (Å²) in [6, 6.07) is 7.24. The number of nitrogens with one attached hydrogen (secondary N) is 1. The fourth-order valence-corrected chi connectivity index (χ4v) is 1.77. The molecule has 104 valence electrons. The van der Waals surface area contributed by atoms with Crippen LogP contribution in [0.4, 0.5) is 5.69 Å². The van der Waals surface area contributed by atoms with E-state index in [0.717, 1.165) is 13.1 Å². The van der Waals surface area contributed by atoms with E-state index in [2.05, 4.69) is 5.43 Å². The highest BCUT2D eigenvalue weighted by Crippen LogP contribution is 2.19. The first-order valence-electron chi connectivity index (χ1n) is 6.35. The topological polar surface area (TPSA) is 76.8 Å². The van der Waals surface area contributed by atoms with E-state index in [9.17, 15) is 4.79 Å². The summed E-state index contributed by atoms with van der Waals surface area (Å²) in [5, 5.41) is 1.86. The lowest BCUT2D eigenvalue weighted by Gasteiger charge is -2.26. The van der Waals surface area contributed by atoms with Crippen molar-refractivity contribution >= 4 is 11.6 Å². The van der Waals surface area contributed by atoms with Gasteiger partial charge in [-0.2, -0.15) is 0 Å². The van der Waals surface area contributed by atoms with Gasteiger partial charge in [0.1, 0.15) is 5.75 Å². The van der Waals surface area contributed by atoms with Gasteiger partial charge in [0.25, 0.3) is 0 Å². The van der Waals surface area contributed by atoms with Crippen molar-refractivity contribution in [2.45, 2.75) is 6.42 Å². The predicted octanol–water partition coefficient (Wildman–Crippen LogP) is 0.401. The highest BCUT2D eigenvalue weighted by atomic mass is 16.5. The molecule has 0 spiro atoms. The van der Waals surface area contributed by atoms with Crippen LogP contribution in [0.2, 0.25) is 0 Å². The number of amides is 1. The average Bonchev–Trinajstić information content (AvgIpc) is 2.42. The largest absolute Gasteiger partial charge is 0.491 e. The van der Waals surface area contributed by atoms with Gasteiger partial charge in [-0.15, -0.1) is 0 Å². The number of nitrogens with zero attached hydrogens (tertiary/aromatic N) is 1. The van der Waals surface area contributed by atoms with Crippen molar-refractivity contribution < 1.29 is 14.3 Å². The molecule has 6 heteroatoms. The number of ether oxygens (including phenoxy) is 2. The molecule has 1 saturated heterocycles. The minimum Gasteiger partial charge on any atom is -0.491 e. The lowest BCUT2D eigenvalue weighted by Crippen LogP contribution is -2.48. The summed E-state index contributed by atoms with van der Waals surface area (Å²) in [5.74, 6) is 0.554. The lowest BCUT2D eigenvalue weighted by atomic mass is 10.3. The molecule has 0 bridgehead atoms. The molecule has 1 fully saturated rings. The van der Waals surface area contributed by atoms with E-state index < -0.39 is 0 Å². The molecule has 0 aliphatic carbocycles. The smallest absolute Gasteiger partial charge is 0.237 e. The summed E-state index contributed by atoms with van der Waals surface area (Å²) in [5.41, 5.74) is 9.14. The first-order valence-corrected chi connectivity index (χ1v) is 6.35. The Labute approximate surface area is 112 Å². The molecular weight excluding hydrogens is 246 g/mol. The number of carbonyl (C=O) groups is 1. The summed E-state index contributed by atoms with van der Waals surface area (Å²) in [6.07, 6.45) is 0.297. The van der Waals surface area contributed by atoms with Crippen LogP contribution in [-0.2, 0) is 9.53 Å². The van der Waals surface area contributed by atoms with E-state index in [1.807, 2.05) is 17.1 Å². The van der Waals surface area contributed by atoms with Crippen LogP contribution in [0, 0.1) is 0 Å². The number of hydrogen-bond donors (Lipinski definition) is 2. The standard InChI is InChI=1S/C13H19N3O3/c14-11-3-1-2-4-12(11)19-8-5-13(17)15-16-6-9-18-10-7-16/h1-4H,5-10,14H2,(H,15,17). The van der Waals surface area contributed by atoms with Gasteiger partial charge in [-0.05, 0) is 12.1 Å². The lowest BCUT2D eigenvalue weighted by molar-refractivity contribution is -0.128. The second kappa shape index (κ2) is 6.96. The van der Waals surface area contributed by atoms with Crippen LogP contribution in [0.25, 0.3) is 0 Å².